The number of aromatic nitrogens is 5. The van der Waals surface area contributed by atoms with Crippen LogP contribution < -0.4 is 11.1 Å². The molecule has 0 radical (unpaired) electrons. The highest BCUT2D eigenvalue weighted by molar-refractivity contribution is 5.35. The van der Waals surface area contributed by atoms with Gasteiger partial charge in [0.1, 0.15) is 6.33 Å². The third kappa shape index (κ3) is 2.93. The van der Waals surface area contributed by atoms with Crippen molar-refractivity contribution in [3.05, 3.63) is 18.7 Å². The largest absolute Gasteiger partial charge is 0.368 e. The van der Waals surface area contributed by atoms with Gasteiger partial charge in [-0.2, -0.15) is 15.0 Å². The molecule has 2 heterocycles. The van der Waals surface area contributed by atoms with E-state index >= 15 is 0 Å². The van der Waals surface area contributed by atoms with Crippen LogP contribution in [0.4, 0.5) is 11.9 Å². The minimum Gasteiger partial charge on any atom is -0.368 e. The Bertz CT molecular complexity index is 494. The average molecular weight is 247 g/mol. The van der Waals surface area contributed by atoms with Crippen molar-refractivity contribution in [2.45, 2.75) is 32.7 Å². The van der Waals surface area contributed by atoms with Crippen molar-refractivity contribution < 1.29 is 0 Å². The monoisotopic (exact) mass is 247 g/mol. The van der Waals surface area contributed by atoms with Crippen molar-refractivity contribution >= 4 is 11.9 Å². The van der Waals surface area contributed by atoms with Crippen LogP contribution in [-0.2, 0) is 0 Å². The van der Waals surface area contributed by atoms with E-state index < -0.39 is 0 Å². The first-order valence-electron chi connectivity index (χ1n) is 5.95. The Balaban J connectivity index is 2.22. The van der Waals surface area contributed by atoms with Crippen LogP contribution in [0.15, 0.2) is 18.7 Å². The van der Waals surface area contributed by atoms with Gasteiger partial charge >= 0.3 is 0 Å². The minimum absolute atomic E-state index is 0.194. The maximum Gasteiger partial charge on any atom is 0.241 e. The third-order valence-corrected chi connectivity index (χ3v) is 2.47. The quantitative estimate of drug-likeness (QED) is 0.825. The molecule has 0 aliphatic rings. The van der Waals surface area contributed by atoms with Gasteiger partial charge in [0.25, 0.3) is 0 Å². The van der Waals surface area contributed by atoms with Gasteiger partial charge < -0.3 is 11.1 Å². The van der Waals surface area contributed by atoms with Crippen molar-refractivity contribution in [1.29, 1.82) is 0 Å². The van der Waals surface area contributed by atoms with Crippen molar-refractivity contribution in [1.82, 2.24) is 24.5 Å². The molecule has 0 fully saturated rings. The minimum atomic E-state index is 0.194. The zero-order valence-corrected chi connectivity index (χ0v) is 10.5. The number of hydrogen-bond acceptors (Lipinski definition) is 6. The number of nitrogens with zero attached hydrogens (tertiary/aromatic N) is 5. The van der Waals surface area contributed by atoms with Crippen LogP contribution >= 0.6 is 0 Å². The molecule has 0 aliphatic heterocycles. The van der Waals surface area contributed by atoms with Gasteiger partial charge in [-0.3, -0.25) is 4.57 Å². The second kappa shape index (κ2) is 5.44. The summed E-state index contributed by atoms with van der Waals surface area (Å²) in [7, 11) is 0. The summed E-state index contributed by atoms with van der Waals surface area (Å²) in [5.74, 6) is 1.15. The summed E-state index contributed by atoms with van der Waals surface area (Å²) in [6, 6.07) is 0.299. The molecule has 0 amide bonds. The predicted octanol–water partition coefficient (Wildman–Crippen LogP) is 1.24. The number of rotatable bonds is 5. The zero-order chi connectivity index (χ0) is 13.0. The molecule has 7 heteroatoms. The Hall–Kier alpha value is -2.18. The summed E-state index contributed by atoms with van der Waals surface area (Å²) in [5, 5.41) is 3.21. The van der Waals surface area contributed by atoms with Crippen molar-refractivity contribution in [2.24, 2.45) is 0 Å². The number of anilines is 2. The molecule has 0 spiro atoms. The first-order chi connectivity index (χ1) is 8.69. The molecule has 18 heavy (non-hydrogen) atoms. The molecular formula is C11H17N7. The zero-order valence-electron chi connectivity index (χ0n) is 10.5. The van der Waals surface area contributed by atoms with Gasteiger partial charge in [-0.05, 0) is 13.3 Å². The molecule has 0 aromatic carbocycles. The van der Waals surface area contributed by atoms with Crippen molar-refractivity contribution in [3.63, 3.8) is 0 Å². The molecule has 0 saturated heterocycles. The lowest BCUT2D eigenvalue weighted by atomic mass is 10.2. The summed E-state index contributed by atoms with van der Waals surface area (Å²) in [6.45, 7) is 4.22. The summed E-state index contributed by atoms with van der Waals surface area (Å²) < 4.78 is 1.69. The SMILES string of the molecule is CCCC(C)Nc1nc(N)nc(-n2ccnc2)n1. The molecular weight excluding hydrogens is 230 g/mol. The Kier molecular flexibility index (Phi) is 3.71. The molecule has 0 saturated carbocycles. The Morgan fingerprint density at radius 3 is 2.89 bits per heavy atom. The highest BCUT2D eigenvalue weighted by Gasteiger charge is 2.08. The highest BCUT2D eigenvalue weighted by Crippen LogP contribution is 2.09. The van der Waals surface area contributed by atoms with Crippen LogP contribution in [0.5, 0.6) is 0 Å². The second-order valence-electron chi connectivity index (χ2n) is 4.12. The first-order valence-corrected chi connectivity index (χ1v) is 5.95. The summed E-state index contributed by atoms with van der Waals surface area (Å²) in [4.78, 5) is 16.4. The van der Waals surface area contributed by atoms with Gasteiger partial charge in [0.2, 0.25) is 17.8 Å². The van der Waals surface area contributed by atoms with E-state index in [-0.39, 0.29) is 5.95 Å². The van der Waals surface area contributed by atoms with Gasteiger partial charge in [0, 0.05) is 18.4 Å². The lowest BCUT2D eigenvalue weighted by Crippen LogP contribution is -2.18. The molecule has 3 N–H and O–H groups in total. The van der Waals surface area contributed by atoms with Crippen molar-refractivity contribution in [2.75, 3.05) is 11.1 Å². The Morgan fingerprint density at radius 2 is 2.22 bits per heavy atom. The molecule has 7 nitrogen and oxygen atoms in total. The van der Waals surface area contributed by atoms with E-state index in [9.17, 15) is 0 Å². The third-order valence-electron chi connectivity index (χ3n) is 2.47. The lowest BCUT2D eigenvalue weighted by molar-refractivity contribution is 0.682. The van der Waals surface area contributed by atoms with Crippen LogP contribution in [0.3, 0.4) is 0 Å². The molecule has 2 rings (SSSR count). The van der Waals surface area contributed by atoms with E-state index in [0.29, 0.717) is 17.9 Å². The molecule has 2 aromatic rings. The summed E-state index contributed by atoms with van der Waals surface area (Å²) in [6.07, 6.45) is 7.18. The molecule has 1 unspecified atom stereocenters. The number of imidazole rings is 1. The van der Waals surface area contributed by atoms with E-state index in [1.165, 1.54) is 0 Å². The summed E-state index contributed by atoms with van der Waals surface area (Å²) >= 11 is 0. The van der Waals surface area contributed by atoms with Crippen LogP contribution in [0.25, 0.3) is 5.95 Å². The van der Waals surface area contributed by atoms with Crippen LogP contribution in [0.2, 0.25) is 0 Å². The molecule has 96 valence electrons. The van der Waals surface area contributed by atoms with Crippen LogP contribution in [0, 0.1) is 0 Å². The Labute approximate surface area is 106 Å². The number of nitrogens with two attached hydrogens (primary N) is 1. The fraction of sp³-hybridized carbons (Fsp3) is 0.455. The molecule has 1 atom stereocenters. The molecule has 2 aromatic heterocycles. The average Bonchev–Trinajstić information content (AvgIpc) is 2.81. The van der Waals surface area contributed by atoms with E-state index in [1.54, 1.807) is 23.3 Å². The topological polar surface area (TPSA) is 94.5 Å². The lowest BCUT2D eigenvalue weighted by Gasteiger charge is -2.13. The smallest absolute Gasteiger partial charge is 0.241 e. The maximum absolute atomic E-state index is 5.68. The van der Waals surface area contributed by atoms with Gasteiger partial charge in [-0.1, -0.05) is 13.3 Å². The number of hydrogen-bond donors (Lipinski definition) is 2. The Morgan fingerprint density at radius 1 is 1.39 bits per heavy atom. The number of nitrogen functional groups attached to an aromatic ring is 1. The van der Waals surface area contributed by atoms with Gasteiger partial charge in [-0.25, -0.2) is 4.98 Å². The van der Waals surface area contributed by atoms with E-state index in [0.717, 1.165) is 12.8 Å². The summed E-state index contributed by atoms with van der Waals surface area (Å²) in [5.41, 5.74) is 5.68. The second-order valence-corrected chi connectivity index (χ2v) is 4.12. The maximum atomic E-state index is 5.68. The van der Waals surface area contributed by atoms with E-state index in [4.69, 9.17) is 5.73 Å². The van der Waals surface area contributed by atoms with Crippen LogP contribution in [0.1, 0.15) is 26.7 Å². The highest BCUT2D eigenvalue weighted by atomic mass is 15.3. The van der Waals surface area contributed by atoms with Gasteiger partial charge in [0.05, 0.1) is 0 Å². The predicted molar refractivity (Wildman–Crippen MR) is 69.4 cm³/mol. The van der Waals surface area contributed by atoms with Gasteiger partial charge in [0.15, 0.2) is 0 Å². The van der Waals surface area contributed by atoms with Crippen LogP contribution in [-0.4, -0.2) is 30.5 Å². The normalized spacial score (nSPS) is 12.3. The number of nitrogens with one attached hydrogen (secondary N) is 1. The fourth-order valence-corrected chi connectivity index (χ4v) is 1.66. The van der Waals surface area contributed by atoms with E-state index in [1.807, 2.05) is 0 Å². The van der Waals surface area contributed by atoms with Gasteiger partial charge in [-0.15, -0.1) is 0 Å². The molecule has 0 aliphatic carbocycles. The van der Waals surface area contributed by atoms with Crippen molar-refractivity contribution in [3.8, 4) is 5.95 Å². The molecule has 0 bridgehead atoms. The standard InChI is InChI=1S/C11H17N7/c1-3-4-8(2)14-10-15-9(12)16-11(17-10)18-6-5-13-7-18/h5-8H,3-4H2,1-2H3,(H3,12,14,15,16,17). The van der Waals surface area contributed by atoms with E-state index in [2.05, 4.69) is 39.1 Å². The fourth-order valence-electron chi connectivity index (χ4n) is 1.66. The first kappa shape index (κ1) is 12.3.